The Kier molecular flexibility index (Phi) is 4.31. The molecule has 104 valence electrons. The second kappa shape index (κ2) is 5.79. The van der Waals surface area contributed by atoms with E-state index in [1.165, 1.54) is 0 Å². The lowest BCUT2D eigenvalue weighted by atomic mass is 10.1. The van der Waals surface area contributed by atoms with Crippen molar-refractivity contribution < 1.29 is 14.3 Å². The van der Waals surface area contributed by atoms with E-state index in [9.17, 15) is 4.79 Å². The van der Waals surface area contributed by atoms with Crippen LogP contribution >= 0.6 is 15.9 Å². The van der Waals surface area contributed by atoms with Gasteiger partial charge in [0.25, 0.3) is 0 Å². The molecular formula is C13H17BrN2O3. The minimum absolute atomic E-state index is 0.163. The third-order valence-corrected chi connectivity index (χ3v) is 3.59. The molecule has 1 aliphatic heterocycles. The molecule has 0 saturated carbocycles. The third kappa shape index (κ3) is 3.19. The number of carbonyl (C=O) groups excluding carboxylic acids is 1. The van der Waals surface area contributed by atoms with Crippen molar-refractivity contribution in [1.82, 2.24) is 5.32 Å². The van der Waals surface area contributed by atoms with Crippen LogP contribution in [0.4, 0.5) is 0 Å². The van der Waals surface area contributed by atoms with Gasteiger partial charge in [0, 0.05) is 4.47 Å². The van der Waals surface area contributed by atoms with Gasteiger partial charge < -0.3 is 20.5 Å². The smallest absolute Gasteiger partial charge is 0.237 e. The molecule has 6 heteroatoms. The second-order valence-electron chi connectivity index (χ2n) is 4.54. The van der Waals surface area contributed by atoms with E-state index in [-0.39, 0.29) is 11.9 Å². The maximum Gasteiger partial charge on any atom is 0.237 e. The van der Waals surface area contributed by atoms with Crippen LogP contribution in [0.25, 0.3) is 0 Å². The molecule has 1 unspecified atom stereocenters. The van der Waals surface area contributed by atoms with Gasteiger partial charge in [0.15, 0.2) is 11.5 Å². The number of halogens is 1. The standard InChI is InChI=1S/C13H17BrN2O3/c1-7(15)13(17)16-8(2)9-5-11-12(6-10(9)14)19-4-3-18-11/h5-8H,3-4,15H2,1-2H3,(H,16,17)/t7-,8?/m0/s1. The van der Waals surface area contributed by atoms with E-state index in [1.807, 2.05) is 19.1 Å². The van der Waals surface area contributed by atoms with Crippen LogP contribution in [0.2, 0.25) is 0 Å². The Morgan fingerprint density at radius 2 is 1.89 bits per heavy atom. The predicted molar refractivity (Wildman–Crippen MR) is 75.3 cm³/mol. The summed E-state index contributed by atoms with van der Waals surface area (Å²) in [6, 6.07) is 3.05. The lowest BCUT2D eigenvalue weighted by Gasteiger charge is -2.22. The highest BCUT2D eigenvalue weighted by Crippen LogP contribution is 2.37. The molecular weight excluding hydrogens is 312 g/mol. The number of rotatable bonds is 3. The number of nitrogens with two attached hydrogens (primary N) is 1. The molecule has 0 fully saturated rings. The topological polar surface area (TPSA) is 73.6 Å². The van der Waals surface area contributed by atoms with E-state index in [0.717, 1.165) is 10.0 Å². The maximum absolute atomic E-state index is 11.6. The highest BCUT2D eigenvalue weighted by Gasteiger charge is 2.19. The van der Waals surface area contributed by atoms with E-state index in [2.05, 4.69) is 21.2 Å². The van der Waals surface area contributed by atoms with Crippen molar-refractivity contribution in [3.8, 4) is 11.5 Å². The van der Waals surface area contributed by atoms with Gasteiger partial charge in [-0.05, 0) is 31.5 Å². The van der Waals surface area contributed by atoms with Gasteiger partial charge in [-0.1, -0.05) is 15.9 Å². The monoisotopic (exact) mass is 328 g/mol. The van der Waals surface area contributed by atoms with Gasteiger partial charge in [0.1, 0.15) is 13.2 Å². The van der Waals surface area contributed by atoms with Crippen LogP contribution in [0.3, 0.4) is 0 Å². The van der Waals surface area contributed by atoms with E-state index in [4.69, 9.17) is 15.2 Å². The molecule has 0 saturated heterocycles. The molecule has 1 aromatic carbocycles. The van der Waals surface area contributed by atoms with Crippen molar-refractivity contribution in [2.45, 2.75) is 25.9 Å². The molecule has 0 aliphatic carbocycles. The molecule has 0 bridgehead atoms. The number of amides is 1. The van der Waals surface area contributed by atoms with Crippen LogP contribution in [0.15, 0.2) is 16.6 Å². The Morgan fingerprint density at radius 1 is 1.32 bits per heavy atom. The van der Waals surface area contributed by atoms with Crippen molar-refractivity contribution in [1.29, 1.82) is 0 Å². The first kappa shape index (κ1) is 14.1. The number of hydrogen-bond donors (Lipinski definition) is 2. The zero-order chi connectivity index (χ0) is 14.0. The first-order valence-electron chi connectivity index (χ1n) is 6.14. The van der Waals surface area contributed by atoms with Crippen LogP contribution in [-0.4, -0.2) is 25.2 Å². The Balaban J connectivity index is 2.22. The summed E-state index contributed by atoms with van der Waals surface area (Å²) in [5, 5.41) is 2.85. The minimum atomic E-state index is -0.529. The van der Waals surface area contributed by atoms with Crippen LogP contribution in [0.5, 0.6) is 11.5 Å². The fourth-order valence-corrected chi connectivity index (χ4v) is 2.50. The summed E-state index contributed by atoms with van der Waals surface area (Å²) in [7, 11) is 0. The summed E-state index contributed by atoms with van der Waals surface area (Å²) in [5.41, 5.74) is 6.47. The fourth-order valence-electron chi connectivity index (χ4n) is 1.83. The van der Waals surface area contributed by atoms with Crippen LogP contribution in [0, 0.1) is 0 Å². The second-order valence-corrected chi connectivity index (χ2v) is 5.39. The highest BCUT2D eigenvalue weighted by molar-refractivity contribution is 9.10. The molecule has 1 aromatic rings. The zero-order valence-electron chi connectivity index (χ0n) is 10.9. The minimum Gasteiger partial charge on any atom is -0.486 e. The van der Waals surface area contributed by atoms with E-state index < -0.39 is 6.04 Å². The number of benzene rings is 1. The molecule has 1 amide bonds. The lowest BCUT2D eigenvalue weighted by molar-refractivity contribution is -0.122. The molecule has 19 heavy (non-hydrogen) atoms. The molecule has 2 atom stereocenters. The summed E-state index contributed by atoms with van der Waals surface area (Å²) in [6.07, 6.45) is 0. The van der Waals surface area contributed by atoms with E-state index >= 15 is 0 Å². The summed E-state index contributed by atoms with van der Waals surface area (Å²) >= 11 is 3.48. The number of carbonyl (C=O) groups is 1. The Labute approximate surface area is 120 Å². The summed E-state index contributed by atoms with van der Waals surface area (Å²) in [5.74, 6) is 1.23. The van der Waals surface area contributed by atoms with Crippen LogP contribution < -0.4 is 20.5 Å². The molecule has 0 radical (unpaired) electrons. The van der Waals surface area contributed by atoms with Gasteiger partial charge in [-0.3, -0.25) is 4.79 Å². The molecule has 1 aliphatic rings. The Bertz CT molecular complexity index is 491. The Hall–Kier alpha value is -1.27. The first-order valence-corrected chi connectivity index (χ1v) is 6.93. The molecule has 2 rings (SSSR count). The summed E-state index contributed by atoms with van der Waals surface area (Å²) < 4.78 is 11.9. The largest absolute Gasteiger partial charge is 0.486 e. The zero-order valence-corrected chi connectivity index (χ0v) is 12.5. The fraction of sp³-hybridized carbons (Fsp3) is 0.462. The average Bonchev–Trinajstić information content (AvgIpc) is 2.37. The highest BCUT2D eigenvalue weighted by atomic mass is 79.9. The predicted octanol–water partition coefficient (Wildman–Crippen LogP) is 1.74. The number of hydrogen-bond acceptors (Lipinski definition) is 4. The van der Waals surface area contributed by atoms with Crippen LogP contribution in [0.1, 0.15) is 25.5 Å². The normalized spacial score (nSPS) is 16.6. The third-order valence-electron chi connectivity index (χ3n) is 2.90. The van der Waals surface area contributed by atoms with E-state index in [0.29, 0.717) is 24.7 Å². The van der Waals surface area contributed by atoms with Crippen molar-refractivity contribution in [2.75, 3.05) is 13.2 Å². The van der Waals surface area contributed by atoms with Crippen LogP contribution in [-0.2, 0) is 4.79 Å². The quantitative estimate of drug-likeness (QED) is 0.886. The molecule has 5 nitrogen and oxygen atoms in total. The number of nitrogens with one attached hydrogen (secondary N) is 1. The van der Waals surface area contributed by atoms with Crippen molar-refractivity contribution in [3.05, 3.63) is 22.2 Å². The van der Waals surface area contributed by atoms with Crippen molar-refractivity contribution >= 4 is 21.8 Å². The van der Waals surface area contributed by atoms with Crippen molar-refractivity contribution in [3.63, 3.8) is 0 Å². The molecule has 0 spiro atoms. The molecule has 3 N–H and O–H groups in total. The van der Waals surface area contributed by atoms with Gasteiger partial charge in [0.05, 0.1) is 12.1 Å². The Morgan fingerprint density at radius 3 is 2.47 bits per heavy atom. The SMILES string of the molecule is CC(NC(=O)[C@H](C)N)c1cc2c(cc1Br)OCCO2. The van der Waals surface area contributed by atoms with E-state index in [1.54, 1.807) is 6.92 Å². The van der Waals surface area contributed by atoms with Gasteiger partial charge in [-0.25, -0.2) is 0 Å². The van der Waals surface area contributed by atoms with Gasteiger partial charge >= 0.3 is 0 Å². The summed E-state index contributed by atoms with van der Waals surface area (Å²) in [4.78, 5) is 11.6. The van der Waals surface area contributed by atoms with Gasteiger partial charge in [0.2, 0.25) is 5.91 Å². The van der Waals surface area contributed by atoms with Crippen molar-refractivity contribution in [2.24, 2.45) is 5.73 Å². The van der Waals surface area contributed by atoms with Gasteiger partial charge in [-0.2, -0.15) is 0 Å². The summed E-state index contributed by atoms with van der Waals surface area (Å²) in [6.45, 7) is 4.64. The maximum atomic E-state index is 11.6. The number of ether oxygens (including phenoxy) is 2. The van der Waals surface area contributed by atoms with Gasteiger partial charge in [-0.15, -0.1) is 0 Å². The first-order chi connectivity index (χ1) is 8.99. The number of fused-ring (bicyclic) bond motifs is 1. The lowest BCUT2D eigenvalue weighted by Crippen LogP contribution is -2.39. The molecule has 1 heterocycles. The molecule has 0 aromatic heterocycles. The average molecular weight is 329 g/mol.